The maximum atomic E-state index is 12.3. The standard InChI is InChI=1S/C21H19BrN2O3S/c1-3-27-19-10-7-16(22)12-15(19)6-11-20(25)24-21-23-18(13-28-21)14-4-8-17(26-2)9-5-14/h4-13H,3H2,1-2H3,(H,23,24,25)/b11-6+. The number of hydrogen-bond acceptors (Lipinski definition) is 5. The molecule has 0 saturated heterocycles. The molecule has 28 heavy (non-hydrogen) atoms. The first-order valence-corrected chi connectivity index (χ1v) is 10.3. The molecule has 3 aromatic rings. The molecule has 2 aromatic carbocycles. The summed E-state index contributed by atoms with van der Waals surface area (Å²) < 4.78 is 11.7. The van der Waals surface area contributed by atoms with E-state index in [2.05, 4.69) is 26.2 Å². The van der Waals surface area contributed by atoms with Crippen LogP contribution in [0.25, 0.3) is 17.3 Å². The Bertz CT molecular complexity index is 984. The van der Waals surface area contributed by atoms with Gasteiger partial charge in [-0.3, -0.25) is 10.1 Å². The summed E-state index contributed by atoms with van der Waals surface area (Å²) in [5.41, 5.74) is 2.59. The Balaban J connectivity index is 1.68. The second-order valence-electron chi connectivity index (χ2n) is 5.70. The van der Waals surface area contributed by atoms with Crippen molar-refractivity contribution in [2.24, 2.45) is 0 Å². The van der Waals surface area contributed by atoms with E-state index in [0.717, 1.165) is 32.8 Å². The predicted molar refractivity (Wildman–Crippen MR) is 117 cm³/mol. The van der Waals surface area contributed by atoms with Gasteiger partial charge < -0.3 is 9.47 Å². The lowest BCUT2D eigenvalue weighted by atomic mass is 10.2. The number of anilines is 1. The minimum Gasteiger partial charge on any atom is -0.497 e. The molecule has 0 bridgehead atoms. The molecule has 0 aliphatic heterocycles. The fraction of sp³-hybridized carbons (Fsp3) is 0.143. The van der Waals surface area contributed by atoms with Crippen molar-refractivity contribution in [1.29, 1.82) is 0 Å². The smallest absolute Gasteiger partial charge is 0.250 e. The molecule has 0 aliphatic rings. The molecule has 0 saturated carbocycles. The van der Waals surface area contributed by atoms with Crippen LogP contribution in [0.4, 0.5) is 5.13 Å². The van der Waals surface area contributed by atoms with Crippen molar-refractivity contribution >= 4 is 44.4 Å². The SMILES string of the molecule is CCOc1ccc(Br)cc1/C=C/C(=O)Nc1nc(-c2ccc(OC)cc2)cs1. The normalized spacial score (nSPS) is 10.8. The summed E-state index contributed by atoms with van der Waals surface area (Å²) in [4.78, 5) is 16.7. The summed E-state index contributed by atoms with van der Waals surface area (Å²) in [6.07, 6.45) is 3.20. The van der Waals surface area contributed by atoms with E-state index in [4.69, 9.17) is 9.47 Å². The molecule has 144 valence electrons. The summed E-state index contributed by atoms with van der Waals surface area (Å²) in [6.45, 7) is 2.48. The van der Waals surface area contributed by atoms with Crippen LogP contribution in [-0.4, -0.2) is 24.6 Å². The number of halogens is 1. The molecule has 0 aliphatic carbocycles. The van der Waals surface area contributed by atoms with Crippen LogP contribution in [-0.2, 0) is 4.79 Å². The third-order valence-corrected chi connectivity index (χ3v) is 5.06. The largest absolute Gasteiger partial charge is 0.497 e. The molecule has 1 heterocycles. The number of benzene rings is 2. The number of ether oxygens (including phenoxy) is 2. The topological polar surface area (TPSA) is 60.5 Å². The number of carbonyl (C=O) groups excluding carboxylic acids is 1. The first kappa shape index (κ1) is 20.1. The van der Waals surface area contributed by atoms with Gasteiger partial charge in [-0.25, -0.2) is 4.98 Å². The second-order valence-corrected chi connectivity index (χ2v) is 7.48. The van der Waals surface area contributed by atoms with Gasteiger partial charge in [0.1, 0.15) is 11.5 Å². The summed E-state index contributed by atoms with van der Waals surface area (Å²) in [6, 6.07) is 13.3. The number of hydrogen-bond donors (Lipinski definition) is 1. The fourth-order valence-corrected chi connectivity index (χ4v) is 3.58. The summed E-state index contributed by atoms with van der Waals surface area (Å²) in [7, 11) is 1.63. The van der Waals surface area contributed by atoms with E-state index in [9.17, 15) is 4.79 Å². The van der Waals surface area contributed by atoms with E-state index >= 15 is 0 Å². The minimum atomic E-state index is -0.252. The Morgan fingerprint density at radius 3 is 2.75 bits per heavy atom. The first-order chi connectivity index (χ1) is 13.6. The monoisotopic (exact) mass is 458 g/mol. The zero-order valence-electron chi connectivity index (χ0n) is 15.4. The van der Waals surface area contributed by atoms with Crippen LogP contribution in [0.15, 0.2) is 58.4 Å². The van der Waals surface area contributed by atoms with Crippen LogP contribution in [0.2, 0.25) is 0 Å². The Morgan fingerprint density at radius 2 is 2.04 bits per heavy atom. The van der Waals surface area contributed by atoms with E-state index in [-0.39, 0.29) is 5.91 Å². The number of methoxy groups -OCH3 is 1. The third-order valence-electron chi connectivity index (χ3n) is 3.81. The molecule has 1 aromatic heterocycles. The van der Waals surface area contributed by atoms with Gasteiger partial charge in [-0.2, -0.15) is 0 Å². The quantitative estimate of drug-likeness (QED) is 0.465. The van der Waals surface area contributed by atoms with Gasteiger partial charge in [-0.1, -0.05) is 15.9 Å². The van der Waals surface area contributed by atoms with Crippen LogP contribution in [0.1, 0.15) is 12.5 Å². The van der Waals surface area contributed by atoms with E-state index in [0.29, 0.717) is 11.7 Å². The van der Waals surface area contributed by atoms with E-state index < -0.39 is 0 Å². The molecule has 0 atom stereocenters. The van der Waals surface area contributed by atoms with Crippen LogP contribution in [0.5, 0.6) is 11.5 Å². The molecule has 3 rings (SSSR count). The van der Waals surface area contributed by atoms with Gasteiger partial charge in [0.25, 0.3) is 0 Å². The van der Waals surface area contributed by atoms with Gasteiger partial charge >= 0.3 is 0 Å². The fourth-order valence-electron chi connectivity index (χ4n) is 2.47. The lowest BCUT2D eigenvalue weighted by Crippen LogP contribution is -2.07. The number of aromatic nitrogens is 1. The van der Waals surface area contributed by atoms with Crippen LogP contribution < -0.4 is 14.8 Å². The first-order valence-electron chi connectivity index (χ1n) is 8.60. The van der Waals surface area contributed by atoms with Crippen molar-refractivity contribution in [3.05, 3.63) is 64.0 Å². The number of nitrogens with one attached hydrogen (secondary N) is 1. The predicted octanol–water partition coefficient (Wildman–Crippen LogP) is 5.63. The van der Waals surface area contributed by atoms with Crippen molar-refractivity contribution in [3.63, 3.8) is 0 Å². The highest BCUT2D eigenvalue weighted by molar-refractivity contribution is 9.10. The van der Waals surface area contributed by atoms with E-state index in [1.165, 1.54) is 17.4 Å². The second kappa shape index (κ2) is 9.52. The van der Waals surface area contributed by atoms with Gasteiger partial charge in [0.15, 0.2) is 5.13 Å². The molecular weight excluding hydrogens is 440 g/mol. The van der Waals surface area contributed by atoms with Gasteiger partial charge in [-0.05, 0) is 55.5 Å². The molecule has 0 spiro atoms. The number of thiazole rings is 1. The highest BCUT2D eigenvalue weighted by atomic mass is 79.9. The van der Waals surface area contributed by atoms with Crippen LogP contribution in [0.3, 0.4) is 0 Å². The van der Waals surface area contributed by atoms with Crippen molar-refractivity contribution in [2.75, 3.05) is 19.0 Å². The van der Waals surface area contributed by atoms with E-state index in [1.54, 1.807) is 13.2 Å². The van der Waals surface area contributed by atoms with Crippen LogP contribution >= 0.6 is 27.3 Å². The van der Waals surface area contributed by atoms with Gasteiger partial charge in [0.05, 0.1) is 19.4 Å². The van der Waals surface area contributed by atoms with Gasteiger partial charge in [0, 0.05) is 27.1 Å². The molecule has 0 fully saturated rings. The lowest BCUT2D eigenvalue weighted by Gasteiger charge is -2.07. The molecule has 0 unspecified atom stereocenters. The maximum absolute atomic E-state index is 12.3. The molecular formula is C21H19BrN2O3S. The highest BCUT2D eigenvalue weighted by Gasteiger charge is 2.07. The van der Waals surface area contributed by atoms with Gasteiger partial charge in [-0.15, -0.1) is 11.3 Å². The van der Waals surface area contributed by atoms with Crippen molar-refractivity contribution in [2.45, 2.75) is 6.92 Å². The maximum Gasteiger partial charge on any atom is 0.250 e. The summed E-state index contributed by atoms with van der Waals surface area (Å²) in [5.74, 6) is 1.26. The van der Waals surface area contributed by atoms with E-state index in [1.807, 2.05) is 54.8 Å². The Kier molecular flexibility index (Phi) is 6.84. The summed E-state index contributed by atoms with van der Waals surface area (Å²) in [5, 5.41) is 5.24. The molecule has 1 N–H and O–H groups in total. The number of carbonyl (C=O) groups is 1. The molecule has 7 heteroatoms. The molecule has 1 amide bonds. The summed E-state index contributed by atoms with van der Waals surface area (Å²) >= 11 is 4.81. The minimum absolute atomic E-state index is 0.252. The Hall–Kier alpha value is -2.64. The number of amides is 1. The van der Waals surface area contributed by atoms with Gasteiger partial charge in [0.2, 0.25) is 5.91 Å². The Labute approximate surface area is 176 Å². The van der Waals surface area contributed by atoms with Crippen molar-refractivity contribution in [1.82, 2.24) is 4.98 Å². The third kappa shape index (κ3) is 5.21. The van der Waals surface area contributed by atoms with Crippen molar-refractivity contribution in [3.8, 4) is 22.8 Å². The van der Waals surface area contributed by atoms with Crippen molar-refractivity contribution < 1.29 is 14.3 Å². The average Bonchev–Trinajstić information content (AvgIpc) is 3.16. The molecule has 0 radical (unpaired) electrons. The Morgan fingerprint density at radius 1 is 1.25 bits per heavy atom. The molecule has 5 nitrogen and oxygen atoms in total. The zero-order chi connectivity index (χ0) is 19.9. The average molecular weight is 459 g/mol. The number of rotatable bonds is 7. The zero-order valence-corrected chi connectivity index (χ0v) is 17.8. The highest BCUT2D eigenvalue weighted by Crippen LogP contribution is 2.27. The van der Waals surface area contributed by atoms with Crippen LogP contribution in [0, 0.1) is 0 Å². The lowest BCUT2D eigenvalue weighted by molar-refractivity contribution is -0.111. The number of nitrogens with zero attached hydrogens (tertiary/aromatic N) is 1.